The fourth-order valence-electron chi connectivity index (χ4n) is 3.96. The molecule has 1 amide bonds. The molecule has 6 heteroatoms. The summed E-state index contributed by atoms with van der Waals surface area (Å²) in [5.41, 5.74) is 1.60. The Hall–Kier alpha value is -2.63. The zero-order valence-electron chi connectivity index (χ0n) is 13.9. The number of methoxy groups -OCH3 is 1. The number of ether oxygens (including phenoxy) is 2. The minimum absolute atomic E-state index is 0.0198. The third-order valence-electron chi connectivity index (χ3n) is 5.25. The Balaban J connectivity index is 1.67. The van der Waals surface area contributed by atoms with Gasteiger partial charge < -0.3 is 14.8 Å². The first-order chi connectivity index (χ1) is 12.1. The minimum Gasteiger partial charge on any atom is -0.483 e. The van der Waals surface area contributed by atoms with Gasteiger partial charge in [0.15, 0.2) is 11.5 Å². The maximum Gasteiger partial charge on any atom is 0.337 e. The van der Waals surface area contributed by atoms with Crippen LogP contribution >= 0.6 is 0 Å². The van der Waals surface area contributed by atoms with E-state index in [4.69, 9.17) is 4.74 Å². The molecule has 3 atom stereocenters. The van der Waals surface area contributed by atoms with Gasteiger partial charge in [-0.2, -0.15) is 0 Å². The van der Waals surface area contributed by atoms with Crippen molar-refractivity contribution in [1.29, 1.82) is 0 Å². The van der Waals surface area contributed by atoms with Crippen molar-refractivity contribution in [2.24, 2.45) is 5.92 Å². The molecule has 1 aromatic rings. The molecule has 1 N–H and O–H groups in total. The summed E-state index contributed by atoms with van der Waals surface area (Å²) in [5.74, 6) is -0.725. The smallest absolute Gasteiger partial charge is 0.337 e. The number of rotatable bonds is 2. The van der Waals surface area contributed by atoms with Crippen molar-refractivity contribution in [1.82, 2.24) is 5.32 Å². The number of hydrogen-bond acceptors (Lipinski definition) is 5. The molecule has 1 fully saturated rings. The molecule has 0 aromatic heterocycles. The van der Waals surface area contributed by atoms with E-state index in [1.807, 2.05) is 0 Å². The molecule has 3 aliphatic rings. The number of hydrogen-bond donors (Lipinski definition) is 1. The van der Waals surface area contributed by atoms with E-state index in [1.165, 1.54) is 7.11 Å². The van der Waals surface area contributed by atoms with Crippen molar-refractivity contribution in [2.75, 3.05) is 7.11 Å². The molecule has 1 saturated carbocycles. The van der Waals surface area contributed by atoms with E-state index < -0.39 is 12.0 Å². The third kappa shape index (κ3) is 2.52. The summed E-state index contributed by atoms with van der Waals surface area (Å²) in [7, 11) is 1.32. The van der Waals surface area contributed by atoms with Crippen LogP contribution in [-0.4, -0.2) is 30.9 Å². The first-order valence-electron chi connectivity index (χ1n) is 8.54. The van der Waals surface area contributed by atoms with Crippen molar-refractivity contribution < 1.29 is 23.9 Å². The lowest BCUT2D eigenvalue weighted by Crippen LogP contribution is -2.39. The molecular formula is C19H19NO5. The fraction of sp³-hybridized carbons (Fsp3) is 0.421. The standard InChI is InChI=1S/C19H19NO5/c1-24-19(23)11-8-6-10(7-9-11)15-14-16(21)12-4-2-3-5-13(12)25-17(14)18(22)20-15/h6-9,12-13,15H,2-5H2,1H3,(H,20,22). The quantitative estimate of drug-likeness (QED) is 0.833. The lowest BCUT2D eigenvalue weighted by Gasteiger charge is -2.35. The number of nitrogens with one attached hydrogen (secondary N) is 1. The monoisotopic (exact) mass is 341 g/mol. The topological polar surface area (TPSA) is 81.7 Å². The van der Waals surface area contributed by atoms with Gasteiger partial charge in [0.25, 0.3) is 5.91 Å². The molecule has 1 aromatic carbocycles. The maximum absolute atomic E-state index is 13.0. The lowest BCUT2D eigenvalue weighted by atomic mass is 9.78. The summed E-state index contributed by atoms with van der Waals surface area (Å²) in [6.45, 7) is 0. The molecule has 1 aliphatic carbocycles. The molecule has 6 nitrogen and oxygen atoms in total. The maximum atomic E-state index is 13.0. The van der Waals surface area contributed by atoms with E-state index in [0.717, 1.165) is 31.2 Å². The van der Waals surface area contributed by atoms with Crippen molar-refractivity contribution in [3.8, 4) is 0 Å². The molecule has 25 heavy (non-hydrogen) atoms. The van der Waals surface area contributed by atoms with Gasteiger partial charge in [-0.1, -0.05) is 18.6 Å². The van der Waals surface area contributed by atoms with Crippen LogP contribution in [0.5, 0.6) is 0 Å². The summed E-state index contributed by atoms with van der Waals surface area (Å²) < 4.78 is 10.6. The van der Waals surface area contributed by atoms with Crippen LogP contribution in [0.15, 0.2) is 35.6 Å². The Morgan fingerprint density at radius 2 is 1.88 bits per heavy atom. The summed E-state index contributed by atoms with van der Waals surface area (Å²) in [4.78, 5) is 36.9. The van der Waals surface area contributed by atoms with Gasteiger partial charge in [0.2, 0.25) is 0 Å². The highest BCUT2D eigenvalue weighted by molar-refractivity contribution is 6.11. The first kappa shape index (κ1) is 15.9. The molecule has 130 valence electrons. The molecule has 2 heterocycles. The highest BCUT2D eigenvalue weighted by Gasteiger charge is 2.48. The van der Waals surface area contributed by atoms with Crippen LogP contribution in [0, 0.1) is 5.92 Å². The number of carbonyl (C=O) groups excluding carboxylic acids is 3. The predicted molar refractivity (Wildman–Crippen MR) is 87.5 cm³/mol. The van der Waals surface area contributed by atoms with Crippen LogP contribution in [0.4, 0.5) is 0 Å². The van der Waals surface area contributed by atoms with Gasteiger partial charge in [0.1, 0.15) is 6.10 Å². The van der Waals surface area contributed by atoms with Gasteiger partial charge in [-0.15, -0.1) is 0 Å². The molecular weight excluding hydrogens is 322 g/mol. The van der Waals surface area contributed by atoms with Crippen LogP contribution < -0.4 is 5.32 Å². The summed E-state index contributed by atoms with van der Waals surface area (Å²) in [5, 5.41) is 2.84. The summed E-state index contributed by atoms with van der Waals surface area (Å²) in [6, 6.07) is 6.19. The van der Waals surface area contributed by atoms with E-state index in [9.17, 15) is 14.4 Å². The summed E-state index contributed by atoms with van der Waals surface area (Å²) >= 11 is 0. The third-order valence-corrected chi connectivity index (χ3v) is 5.25. The lowest BCUT2D eigenvalue weighted by molar-refractivity contribution is -0.132. The second-order valence-electron chi connectivity index (χ2n) is 6.67. The molecule has 0 saturated heterocycles. The number of benzene rings is 1. The number of carbonyl (C=O) groups is 3. The van der Waals surface area contributed by atoms with E-state index in [1.54, 1.807) is 24.3 Å². The van der Waals surface area contributed by atoms with Crippen molar-refractivity contribution >= 4 is 17.7 Å². The minimum atomic E-state index is -0.524. The average Bonchev–Trinajstić information content (AvgIpc) is 2.98. The predicted octanol–water partition coefficient (Wildman–Crippen LogP) is 2.06. The Bertz CT molecular complexity index is 780. The SMILES string of the molecule is COC(=O)c1ccc(C2NC(=O)C3=C2C(=O)C2CCCCC2O3)cc1. The number of amides is 1. The van der Waals surface area contributed by atoms with Crippen molar-refractivity contribution in [3.63, 3.8) is 0 Å². The van der Waals surface area contributed by atoms with Crippen LogP contribution in [0.25, 0.3) is 0 Å². The van der Waals surface area contributed by atoms with E-state index in [2.05, 4.69) is 10.1 Å². The second-order valence-corrected chi connectivity index (χ2v) is 6.67. The highest BCUT2D eigenvalue weighted by Crippen LogP contribution is 2.42. The Morgan fingerprint density at radius 1 is 1.16 bits per heavy atom. The Kier molecular flexibility index (Phi) is 3.82. The normalized spacial score (nSPS) is 28.0. The Morgan fingerprint density at radius 3 is 2.60 bits per heavy atom. The van der Waals surface area contributed by atoms with Crippen molar-refractivity contribution in [3.05, 3.63) is 46.7 Å². The number of Topliss-reactive ketones (excluding diaryl/α,β-unsaturated/α-hetero) is 1. The van der Waals surface area contributed by atoms with Gasteiger partial charge in [0.05, 0.1) is 30.2 Å². The number of esters is 1. The van der Waals surface area contributed by atoms with Crippen LogP contribution in [0.2, 0.25) is 0 Å². The van der Waals surface area contributed by atoms with Crippen LogP contribution in [-0.2, 0) is 19.1 Å². The van der Waals surface area contributed by atoms with E-state index >= 15 is 0 Å². The van der Waals surface area contributed by atoms with Gasteiger partial charge in [-0.25, -0.2) is 4.79 Å². The largest absolute Gasteiger partial charge is 0.483 e. The van der Waals surface area contributed by atoms with Gasteiger partial charge in [-0.05, 0) is 37.0 Å². The zero-order chi connectivity index (χ0) is 17.6. The van der Waals surface area contributed by atoms with Crippen molar-refractivity contribution in [2.45, 2.75) is 37.8 Å². The highest BCUT2D eigenvalue weighted by atomic mass is 16.5. The Labute approximate surface area is 145 Å². The molecule has 2 aliphatic heterocycles. The van der Waals surface area contributed by atoms with Gasteiger partial charge >= 0.3 is 5.97 Å². The second kappa shape index (κ2) is 6.02. The van der Waals surface area contributed by atoms with Gasteiger partial charge in [0, 0.05) is 0 Å². The molecule has 4 rings (SSSR count). The molecule has 0 bridgehead atoms. The number of fused-ring (bicyclic) bond motifs is 1. The van der Waals surface area contributed by atoms with E-state index in [-0.39, 0.29) is 29.5 Å². The first-order valence-corrected chi connectivity index (χ1v) is 8.54. The summed E-state index contributed by atoms with van der Waals surface area (Å²) in [6.07, 6.45) is 3.49. The molecule has 0 spiro atoms. The molecule has 3 unspecified atom stereocenters. The van der Waals surface area contributed by atoms with Crippen LogP contribution in [0.1, 0.15) is 47.6 Å². The van der Waals surface area contributed by atoms with Crippen LogP contribution in [0.3, 0.4) is 0 Å². The molecule has 0 radical (unpaired) electrons. The fourth-order valence-corrected chi connectivity index (χ4v) is 3.96. The number of ketones is 1. The zero-order valence-corrected chi connectivity index (χ0v) is 13.9. The van der Waals surface area contributed by atoms with E-state index in [0.29, 0.717) is 11.1 Å². The average molecular weight is 341 g/mol. The van der Waals surface area contributed by atoms with Gasteiger partial charge in [-0.3, -0.25) is 9.59 Å².